The minimum absolute atomic E-state index is 0.179. The van der Waals surface area contributed by atoms with Crippen LogP contribution in [0.3, 0.4) is 0 Å². The van der Waals surface area contributed by atoms with Crippen LogP contribution in [0.5, 0.6) is 5.75 Å². The van der Waals surface area contributed by atoms with E-state index in [0.29, 0.717) is 0 Å². The second-order valence-electron chi connectivity index (χ2n) is 5.85. The third-order valence-electron chi connectivity index (χ3n) is 4.58. The van der Waals surface area contributed by atoms with Crippen LogP contribution in [-0.4, -0.2) is 15.8 Å². The number of phenols is 1. The van der Waals surface area contributed by atoms with Gasteiger partial charge in [0.25, 0.3) is 0 Å². The van der Waals surface area contributed by atoms with Crippen molar-refractivity contribution in [3.63, 3.8) is 0 Å². The number of phenolic OH excluding ortho intramolecular Hbond substituents is 1. The van der Waals surface area contributed by atoms with Crippen LogP contribution in [-0.2, 0) is 0 Å². The molecule has 0 radical (unpaired) electrons. The standard InChI is InChI=1S/C18H28O2/c1-6-14(4)18(20,15(5)7-2)12-13(3)16-10-8-9-11-17(16)19/h8-12,14-15,19-20H,6-7H2,1-5H3. The topological polar surface area (TPSA) is 40.5 Å². The van der Waals surface area contributed by atoms with E-state index >= 15 is 0 Å². The highest BCUT2D eigenvalue weighted by Crippen LogP contribution is 2.36. The van der Waals surface area contributed by atoms with E-state index in [1.54, 1.807) is 6.07 Å². The zero-order valence-corrected chi connectivity index (χ0v) is 13.4. The average Bonchev–Trinajstić information content (AvgIpc) is 2.45. The van der Waals surface area contributed by atoms with Crippen LogP contribution in [0.25, 0.3) is 5.57 Å². The summed E-state index contributed by atoms with van der Waals surface area (Å²) in [6, 6.07) is 7.27. The zero-order chi connectivity index (χ0) is 15.3. The Balaban J connectivity index is 3.23. The highest BCUT2D eigenvalue weighted by molar-refractivity contribution is 5.69. The van der Waals surface area contributed by atoms with E-state index in [1.807, 2.05) is 31.2 Å². The maximum absolute atomic E-state index is 11.1. The summed E-state index contributed by atoms with van der Waals surface area (Å²) in [5.74, 6) is 0.619. The lowest BCUT2D eigenvalue weighted by atomic mass is 9.74. The molecule has 0 fully saturated rings. The van der Waals surface area contributed by atoms with E-state index in [2.05, 4.69) is 27.7 Å². The van der Waals surface area contributed by atoms with E-state index in [-0.39, 0.29) is 17.6 Å². The van der Waals surface area contributed by atoms with Crippen molar-refractivity contribution in [2.75, 3.05) is 0 Å². The Labute approximate surface area is 123 Å². The SMILES string of the molecule is CCC(C)C(O)(C=C(C)c1ccccc1O)C(C)CC. The van der Waals surface area contributed by atoms with Crippen LogP contribution in [0, 0.1) is 11.8 Å². The minimum atomic E-state index is -0.837. The van der Waals surface area contributed by atoms with Gasteiger partial charge in [0.15, 0.2) is 0 Å². The normalized spacial score (nSPS) is 18.4. The van der Waals surface area contributed by atoms with E-state index in [9.17, 15) is 10.2 Å². The third-order valence-corrected chi connectivity index (χ3v) is 4.58. The number of aromatic hydroxyl groups is 1. The zero-order valence-electron chi connectivity index (χ0n) is 13.4. The molecule has 2 atom stereocenters. The molecule has 20 heavy (non-hydrogen) atoms. The van der Waals surface area contributed by atoms with Gasteiger partial charge in [-0.25, -0.2) is 0 Å². The number of benzene rings is 1. The van der Waals surface area contributed by atoms with Crippen LogP contribution < -0.4 is 0 Å². The number of rotatable bonds is 6. The second kappa shape index (κ2) is 6.94. The number of hydrogen-bond acceptors (Lipinski definition) is 2. The van der Waals surface area contributed by atoms with E-state index in [4.69, 9.17) is 0 Å². The molecule has 0 saturated carbocycles. The van der Waals surface area contributed by atoms with Gasteiger partial charge in [-0.3, -0.25) is 0 Å². The Morgan fingerprint density at radius 1 is 1.15 bits per heavy atom. The molecule has 2 heteroatoms. The van der Waals surface area contributed by atoms with Gasteiger partial charge < -0.3 is 10.2 Å². The van der Waals surface area contributed by atoms with Crippen LogP contribution in [0.15, 0.2) is 30.3 Å². The van der Waals surface area contributed by atoms with Gasteiger partial charge in [-0.05, 0) is 36.5 Å². The first-order valence-electron chi connectivity index (χ1n) is 7.56. The monoisotopic (exact) mass is 276 g/mol. The molecule has 0 aliphatic heterocycles. The Morgan fingerprint density at radius 2 is 1.65 bits per heavy atom. The molecule has 0 saturated heterocycles. The quantitative estimate of drug-likeness (QED) is 0.796. The molecular formula is C18H28O2. The fourth-order valence-corrected chi connectivity index (χ4v) is 2.66. The van der Waals surface area contributed by atoms with Crippen LogP contribution in [0.1, 0.15) is 53.0 Å². The van der Waals surface area contributed by atoms with Crippen LogP contribution in [0.4, 0.5) is 0 Å². The van der Waals surface area contributed by atoms with Gasteiger partial charge in [-0.15, -0.1) is 0 Å². The first kappa shape index (κ1) is 16.8. The fraction of sp³-hybridized carbons (Fsp3) is 0.556. The summed E-state index contributed by atoms with van der Waals surface area (Å²) in [5.41, 5.74) is 0.874. The number of para-hydroxylation sites is 1. The summed E-state index contributed by atoms with van der Waals surface area (Å²) in [5, 5.41) is 21.1. The van der Waals surface area contributed by atoms with E-state index in [1.165, 1.54) is 0 Å². The first-order valence-corrected chi connectivity index (χ1v) is 7.56. The van der Waals surface area contributed by atoms with Crippen LogP contribution in [0.2, 0.25) is 0 Å². The van der Waals surface area contributed by atoms with Crippen LogP contribution >= 0.6 is 0 Å². The molecule has 0 spiro atoms. The molecule has 0 aliphatic rings. The summed E-state index contributed by atoms with van der Waals surface area (Å²) in [7, 11) is 0. The molecule has 0 aromatic heterocycles. The van der Waals surface area contributed by atoms with Gasteiger partial charge in [0, 0.05) is 5.56 Å². The smallest absolute Gasteiger partial charge is 0.123 e. The maximum Gasteiger partial charge on any atom is 0.123 e. The summed E-state index contributed by atoms with van der Waals surface area (Å²) in [6.45, 7) is 10.3. The molecule has 0 heterocycles. The molecule has 1 aromatic rings. The average molecular weight is 276 g/mol. The van der Waals surface area contributed by atoms with Gasteiger partial charge in [0.1, 0.15) is 5.75 Å². The number of aliphatic hydroxyl groups is 1. The van der Waals surface area contributed by atoms with Crippen molar-refractivity contribution in [3.8, 4) is 5.75 Å². The molecule has 2 N–H and O–H groups in total. The van der Waals surface area contributed by atoms with Gasteiger partial charge in [-0.1, -0.05) is 58.7 Å². The molecule has 1 aromatic carbocycles. The highest BCUT2D eigenvalue weighted by atomic mass is 16.3. The largest absolute Gasteiger partial charge is 0.507 e. The molecular weight excluding hydrogens is 248 g/mol. The van der Waals surface area contributed by atoms with Crippen molar-refractivity contribution in [3.05, 3.63) is 35.9 Å². The summed E-state index contributed by atoms with van der Waals surface area (Å²) in [4.78, 5) is 0. The number of allylic oxidation sites excluding steroid dienone is 1. The predicted octanol–water partition coefficient (Wildman–Crippen LogP) is 4.62. The van der Waals surface area contributed by atoms with Crippen molar-refractivity contribution in [2.24, 2.45) is 11.8 Å². The lowest BCUT2D eigenvalue weighted by molar-refractivity contribution is -0.0159. The van der Waals surface area contributed by atoms with Crippen molar-refractivity contribution in [1.82, 2.24) is 0 Å². The van der Waals surface area contributed by atoms with Crippen molar-refractivity contribution >= 4 is 5.57 Å². The molecule has 0 amide bonds. The molecule has 2 unspecified atom stereocenters. The van der Waals surface area contributed by atoms with Gasteiger partial charge in [0.05, 0.1) is 5.60 Å². The lowest BCUT2D eigenvalue weighted by Gasteiger charge is -2.37. The highest BCUT2D eigenvalue weighted by Gasteiger charge is 2.35. The molecule has 0 bridgehead atoms. The van der Waals surface area contributed by atoms with E-state index < -0.39 is 5.60 Å². The molecule has 0 aliphatic carbocycles. The van der Waals surface area contributed by atoms with Gasteiger partial charge >= 0.3 is 0 Å². The third kappa shape index (κ3) is 3.43. The van der Waals surface area contributed by atoms with Crippen molar-refractivity contribution in [2.45, 2.75) is 53.1 Å². The number of hydrogen-bond donors (Lipinski definition) is 2. The molecule has 1 rings (SSSR count). The summed E-state index contributed by atoms with van der Waals surface area (Å²) >= 11 is 0. The Morgan fingerprint density at radius 3 is 2.10 bits per heavy atom. The summed E-state index contributed by atoms with van der Waals surface area (Å²) in [6.07, 6.45) is 3.78. The second-order valence-corrected chi connectivity index (χ2v) is 5.85. The van der Waals surface area contributed by atoms with E-state index in [0.717, 1.165) is 24.0 Å². The lowest BCUT2D eigenvalue weighted by Crippen LogP contribution is -2.40. The maximum atomic E-state index is 11.1. The Hall–Kier alpha value is -1.28. The van der Waals surface area contributed by atoms with Crippen molar-refractivity contribution < 1.29 is 10.2 Å². The summed E-state index contributed by atoms with van der Waals surface area (Å²) < 4.78 is 0. The molecule has 2 nitrogen and oxygen atoms in total. The Kier molecular flexibility index (Phi) is 5.82. The predicted molar refractivity (Wildman–Crippen MR) is 85.6 cm³/mol. The molecule has 112 valence electrons. The first-order chi connectivity index (χ1) is 9.36. The fourth-order valence-electron chi connectivity index (χ4n) is 2.66. The Bertz CT molecular complexity index is 452. The minimum Gasteiger partial charge on any atom is -0.507 e. The van der Waals surface area contributed by atoms with Gasteiger partial charge in [0.2, 0.25) is 0 Å². The van der Waals surface area contributed by atoms with Gasteiger partial charge in [-0.2, -0.15) is 0 Å². The van der Waals surface area contributed by atoms with Crippen molar-refractivity contribution in [1.29, 1.82) is 0 Å².